The summed E-state index contributed by atoms with van der Waals surface area (Å²) in [5, 5.41) is 10.1. The summed E-state index contributed by atoms with van der Waals surface area (Å²) in [6, 6.07) is 0. The van der Waals surface area contributed by atoms with E-state index in [2.05, 4.69) is 6.92 Å². The van der Waals surface area contributed by atoms with Gasteiger partial charge in [-0.3, -0.25) is 0 Å². The molecule has 3 nitrogen and oxygen atoms in total. The zero-order valence-electron chi connectivity index (χ0n) is 15.8. The van der Waals surface area contributed by atoms with Crippen molar-refractivity contribution in [1.29, 1.82) is 0 Å². The number of rotatable bonds is 14. The van der Waals surface area contributed by atoms with Gasteiger partial charge in [0.05, 0.1) is 12.7 Å². The number of aliphatic hydroxyl groups excluding tert-OH is 1. The highest BCUT2D eigenvalue weighted by molar-refractivity contribution is 4.77. The highest BCUT2D eigenvalue weighted by Crippen LogP contribution is 2.26. The highest BCUT2D eigenvalue weighted by atomic mass is 16.7. The van der Waals surface area contributed by atoms with Crippen molar-refractivity contribution in [3.63, 3.8) is 0 Å². The fourth-order valence-corrected chi connectivity index (χ4v) is 3.29. The van der Waals surface area contributed by atoms with Gasteiger partial charge in [0.25, 0.3) is 0 Å². The monoisotopic (exact) mass is 328 g/mol. The Morgan fingerprint density at radius 3 is 1.78 bits per heavy atom. The number of hydrogen-bond acceptors (Lipinski definition) is 3. The summed E-state index contributed by atoms with van der Waals surface area (Å²) in [5.41, 5.74) is 0. The van der Waals surface area contributed by atoms with Crippen molar-refractivity contribution in [3.8, 4) is 0 Å². The molecule has 3 heteroatoms. The molecule has 0 unspecified atom stereocenters. The van der Waals surface area contributed by atoms with Crippen molar-refractivity contribution in [2.24, 2.45) is 0 Å². The first-order valence-electron chi connectivity index (χ1n) is 10.0. The van der Waals surface area contributed by atoms with Gasteiger partial charge in [0.2, 0.25) is 0 Å². The van der Waals surface area contributed by atoms with Crippen LogP contribution in [0.15, 0.2) is 0 Å². The number of hydrogen-bond donors (Lipinski definition) is 1. The van der Waals surface area contributed by atoms with Gasteiger partial charge in [-0.25, -0.2) is 0 Å². The predicted molar refractivity (Wildman–Crippen MR) is 96.6 cm³/mol. The van der Waals surface area contributed by atoms with Gasteiger partial charge in [-0.2, -0.15) is 0 Å². The van der Waals surface area contributed by atoms with E-state index in [4.69, 9.17) is 9.47 Å². The fourth-order valence-electron chi connectivity index (χ4n) is 3.29. The number of ether oxygens (including phenoxy) is 2. The molecular weight excluding hydrogens is 288 g/mol. The second kappa shape index (κ2) is 12.3. The first-order valence-corrected chi connectivity index (χ1v) is 10.0. The Labute approximate surface area is 144 Å². The molecule has 23 heavy (non-hydrogen) atoms. The molecule has 0 amide bonds. The van der Waals surface area contributed by atoms with Gasteiger partial charge >= 0.3 is 0 Å². The average Bonchev–Trinajstić information content (AvgIpc) is 2.88. The first kappa shape index (κ1) is 20.9. The molecule has 1 N–H and O–H groups in total. The van der Waals surface area contributed by atoms with Crippen LogP contribution in [0.2, 0.25) is 0 Å². The van der Waals surface area contributed by atoms with Gasteiger partial charge in [-0.1, -0.05) is 84.0 Å². The van der Waals surface area contributed by atoms with Crippen molar-refractivity contribution in [2.75, 3.05) is 6.61 Å². The zero-order valence-corrected chi connectivity index (χ0v) is 15.8. The minimum atomic E-state index is -0.526. The van der Waals surface area contributed by atoms with Crippen LogP contribution >= 0.6 is 0 Å². The van der Waals surface area contributed by atoms with Gasteiger partial charge in [0.15, 0.2) is 5.79 Å². The molecule has 1 fully saturated rings. The van der Waals surface area contributed by atoms with Crippen molar-refractivity contribution in [3.05, 3.63) is 0 Å². The molecule has 0 saturated carbocycles. The Balaban J connectivity index is 1.83. The van der Waals surface area contributed by atoms with Crippen LogP contribution in [-0.4, -0.2) is 29.7 Å². The maximum Gasteiger partial charge on any atom is 0.163 e. The van der Waals surface area contributed by atoms with Crippen LogP contribution in [-0.2, 0) is 9.47 Å². The van der Waals surface area contributed by atoms with E-state index in [0.717, 1.165) is 12.8 Å². The molecule has 1 aliphatic rings. The van der Waals surface area contributed by atoms with E-state index in [1.54, 1.807) is 0 Å². The average molecular weight is 329 g/mol. The Morgan fingerprint density at radius 1 is 0.870 bits per heavy atom. The lowest BCUT2D eigenvalue weighted by molar-refractivity contribution is -0.151. The van der Waals surface area contributed by atoms with E-state index in [9.17, 15) is 5.11 Å². The van der Waals surface area contributed by atoms with Crippen LogP contribution in [0.4, 0.5) is 0 Å². The van der Waals surface area contributed by atoms with Crippen molar-refractivity contribution in [1.82, 2.24) is 0 Å². The molecule has 2 atom stereocenters. The van der Waals surface area contributed by atoms with Gasteiger partial charge in [0.1, 0.15) is 6.10 Å². The molecule has 1 saturated heterocycles. The fraction of sp³-hybridized carbons (Fsp3) is 1.00. The van der Waals surface area contributed by atoms with Crippen LogP contribution in [0.1, 0.15) is 104 Å². The maximum atomic E-state index is 10.1. The molecule has 0 spiro atoms. The van der Waals surface area contributed by atoms with Gasteiger partial charge in [-0.05, 0) is 20.3 Å². The summed E-state index contributed by atoms with van der Waals surface area (Å²) >= 11 is 0. The Hall–Kier alpha value is -0.120. The molecule has 0 bridgehead atoms. The second-order valence-corrected chi connectivity index (χ2v) is 7.61. The van der Waals surface area contributed by atoms with Crippen molar-refractivity contribution < 1.29 is 14.6 Å². The molecule has 0 aromatic carbocycles. The summed E-state index contributed by atoms with van der Waals surface area (Å²) < 4.78 is 11.2. The molecule has 1 heterocycles. The smallest absolute Gasteiger partial charge is 0.163 e. The Bertz CT molecular complexity index is 278. The molecular formula is C20H40O3. The van der Waals surface area contributed by atoms with E-state index in [1.807, 2.05) is 13.8 Å². The third-order valence-corrected chi connectivity index (χ3v) is 4.81. The van der Waals surface area contributed by atoms with Gasteiger partial charge in [0, 0.05) is 0 Å². The maximum absolute atomic E-state index is 10.1. The largest absolute Gasteiger partial charge is 0.390 e. The second-order valence-electron chi connectivity index (χ2n) is 7.61. The quantitative estimate of drug-likeness (QED) is 0.422. The van der Waals surface area contributed by atoms with E-state index in [1.165, 1.54) is 70.6 Å². The number of aliphatic hydroxyl groups is 1. The molecule has 0 aliphatic carbocycles. The van der Waals surface area contributed by atoms with Crippen molar-refractivity contribution >= 4 is 0 Å². The van der Waals surface area contributed by atoms with Crippen LogP contribution in [0.3, 0.4) is 0 Å². The lowest BCUT2D eigenvalue weighted by Gasteiger charge is -2.20. The van der Waals surface area contributed by atoms with E-state index >= 15 is 0 Å². The SMILES string of the molecule is CCCCCCCCCCCCCC[C@@H](O)[C@@H]1COC(C)(C)O1. The Kier molecular flexibility index (Phi) is 11.2. The van der Waals surface area contributed by atoms with Gasteiger partial charge < -0.3 is 14.6 Å². The van der Waals surface area contributed by atoms with E-state index < -0.39 is 5.79 Å². The van der Waals surface area contributed by atoms with Crippen LogP contribution in [0.25, 0.3) is 0 Å². The summed E-state index contributed by atoms with van der Waals surface area (Å²) in [5.74, 6) is -0.526. The third kappa shape index (κ3) is 10.4. The minimum Gasteiger partial charge on any atom is -0.390 e. The molecule has 138 valence electrons. The normalized spacial score (nSPS) is 21.7. The summed E-state index contributed by atoms with van der Waals surface area (Å²) in [6.45, 7) is 6.60. The predicted octanol–water partition coefficient (Wildman–Crippen LogP) is 5.59. The summed E-state index contributed by atoms with van der Waals surface area (Å²) in [6.07, 6.45) is 16.5. The highest BCUT2D eigenvalue weighted by Gasteiger charge is 2.36. The van der Waals surface area contributed by atoms with E-state index in [0.29, 0.717) is 6.61 Å². The van der Waals surface area contributed by atoms with Crippen LogP contribution in [0, 0.1) is 0 Å². The molecule has 0 radical (unpaired) electrons. The molecule has 0 aromatic rings. The molecule has 1 rings (SSSR count). The van der Waals surface area contributed by atoms with E-state index in [-0.39, 0.29) is 12.2 Å². The van der Waals surface area contributed by atoms with Gasteiger partial charge in [-0.15, -0.1) is 0 Å². The third-order valence-electron chi connectivity index (χ3n) is 4.81. The summed E-state index contributed by atoms with van der Waals surface area (Å²) in [4.78, 5) is 0. The summed E-state index contributed by atoms with van der Waals surface area (Å²) in [7, 11) is 0. The number of unbranched alkanes of at least 4 members (excludes halogenated alkanes) is 11. The van der Waals surface area contributed by atoms with Crippen LogP contribution in [0.5, 0.6) is 0 Å². The lowest BCUT2D eigenvalue weighted by Crippen LogP contribution is -2.30. The van der Waals surface area contributed by atoms with Crippen LogP contribution < -0.4 is 0 Å². The molecule has 1 aliphatic heterocycles. The zero-order chi connectivity index (χ0) is 17.0. The Morgan fingerprint density at radius 2 is 1.35 bits per heavy atom. The minimum absolute atomic E-state index is 0.141. The first-order chi connectivity index (χ1) is 11.0. The van der Waals surface area contributed by atoms with Crippen molar-refractivity contribution in [2.45, 2.75) is 122 Å². The standard InChI is InChI=1S/C20H40O3/c1-4-5-6-7-8-9-10-11-12-13-14-15-16-18(21)19-17-22-20(2,3)23-19/h18-19,21H,4-17H2,1-3H3/t18-,19+/m1/s1. The topological polar surface area (TPSA) is 38.7 Å². The lowest BCUT2D eigenvalue weighted by atomic mass is 10.0. The molecule has 0 aromatic heterocycles.